The zero-order valence-corrected chi connectivity index (χ0v) is 17.5. The molecule has 1 aromatic carbocycles. The van der Waals surface area contributed by atoms with Crippen LogP contribution in [0.15, 0.2) is 48.7 Å². The number of carbonyl (C=O) groups excluding carboxylic acids is 1. The van der Waals surface area contributed by atoms with Gasteiger partial charge in [-0.25, -0.2) is 24.1 Å². The molecule has 1 aliphatic rings. The summed E-state index contributed by atoms with van der Waals surface area (Å²) < 4.78 is 13.0. The van der Waals surface area contributed by atoms with E-state index < -0.39 is 0 Å². The molecule has 2 N–H and O–H groups in total. The number of nitrogens with zero attached hydrogens (tertiary/aromatic N) is 5. The van der Waals surface area contributed by atoms with Gasteiger partial charge < -0.3 is 20.4 Å². The van der Waals surface area contributed by atoms with Crippen LogP contribution in [-0.2, 0) is 0 Å². The largest absolute Gasteiger partial charge is 0.353 e. The van der Waals surface area contributed by atoms with Gasteiger partial charge in [0.1, 0.15) is 29.1 Å². The van der Waals surface area contributed by atoms with E-state index in [1.807, 2.05) is 32.0 Å². The number of hydrogen-bond donors (Lipinski definition) is 2. The van der Waals surface area contributed by atoms with Gasteiger partial charge in [0.05, 0.1) is 0 Å². The monoisotopic (exact) mass is 421 g/mol. The van der Waals surface area contributed by atoms with Gasteiger partial charge in [-0.05, 0) is 55.8 Å². The first-order valence-electron chi connectivity index (χ1n) is 10.1. The number of carbonyl (C=O) groups is 1. The van der Waals surface area contributed by atoms with E-state index in [2.05, 4.69) is 30.5 Å². The zero-order valence-electron chi connectivity index (χ0n) is 17.5. The number of aromatic nitrogens is 3. The Hall–Kier alpha value is -3.75. The normalized spacial score (nSPS) is 13.8. The summed E-state index contributed by atoms with van der Waals surface area (Å²) in [6, 6.07) is 11.3. The molecule has 4 rings (SSSR count). The predicted molar refractivity (Wildman–Crippen MR) is 118 cm³/mol. The van der Waals surface area contributed by atoms with E-state index in [-0.39, 0.29) is 11.8 Å². The van der Waals surface area contributed by atoms with Crippen LogP contribution >= 0.6 is 0 Å². The molecule has 2 aromatic heterocycles. The number of hydrogen-bond acceptors (Lipinski definition) is 6. The Kier molecular flexibility index (Phi) is 5.92. The minimum absolute atomic E-state index is 0.196. The van der Waals surface area contributed by atoms with Crippen molar-refractivity contribution in [2.45, 2.75) is 13.8 Å². The highest BCUT2D eigenvalue weighted by molar-refractivity contribution is 5.89. The Morgan fingerprint density at radius 1 is 0.968 bits per heavy atom. The molecule has 0 aliphatic carbocycles. The molecule has 1 saturated heterocycles. The smallest absolute Gasteiger partial charge is 0.321 e. The van der Waals surface area contributed by atoms with E-state index in [9.17, 15) is 9.18 Å². The van der Waals surface area contributed by atoms with Gasteiger partial charge in [-0.15, -0.1) is 0 Å². The van der Waals surface area contributed by atoms with Crippen molar-refractivity contribution in [2.24, 2.45) is 0 Å². The summed E-state index contributed by atoms with van der Waals surface area (Å²) >= 11 is 0. The van der Waals surface area contributed by atoms with E-state index in [0.29, 0.717) is 43.5 Å². The highest BCUT2D eigenvalue weighted by Gasteiger charge is 2.22. The van der Waals surface area contributed by atoms with Gasteiger partial charge >= 0.3 is 6.03 Å². The molecule has 0 unspecified atom stereocenters. The number of piperazine rings is 1. The lowest BCUT2D eigenvalue weighted by Gasteiger charge is -2.35. The molecule has 9 heteroatoms. The van der Waals surface area contributed by atoms with Crippen LogP contribution in [0.4, 0.5) is 32.3 Å². The standard InChI is InChI=1S/C22H24FN7O/c1-15-7-8-24-19(13-15)28-20-14-21(26-16(2)25-20)29-9-11-30(12-10-29)22(31)27-18-5-3-17(23)4-6-18/h3-8,13-14H,9-12H2,1-2H3,(H,27,31)(H,24,25,26,28). The number of pyridine rings is 1. The maximum Gasteiger partial charge on any atom is 0.321 e. The van der Waals surface area contributed by atoms with Crippen molar-refractivity contribution in [2.75, 3.05) is 41.7 Å². The fourth-order valence-electron chi connectivity index (χ4n) is 3.39. The van der Waals surface area contributed by atoms with Crippen LogP contribution in [0.25, 0.3) is 0 Å². The summed E-state index contributed by atoms with van der Waals surface area (Å²) in [7, 11) is 0. The zero-order chi connectivity index (χ0) is 21.8. The SMILES string of the molecule is Cc1ccnc(Nc2cc(N3CCN(C(=O)Nc4ccc(F)cc4)CC3)nc(C)n2)c1. The number of benzene rings is 1. The fraction of sp³-hybridized carbons (Fsp3) is 0.273. The lowest BCUT2D eigenvalue weighted by atomic mass is 10.3. The van der Waals surface area contributed by atoms with E-state index in [1.165, 1.54) is 12.1 Å². The Labute approximate surface area is 180 Å². The Balaban J connectivity index is 1.38. The number of aryl methyl sites for hydroxylation is 2. The second kappa shape index (κ2) is 8.95. The van der Waals surface area contributed by atoms with Crippen molar-refractivity contribution >= 4 is 29.2 Å². The van der Waals surface area contributed by atoms with Gasteiger partial charge in [0.15, 0.2) is 0 Å². The summed E-state index contributed by atoms with van der Waals surface area (Å²) in [4.78, 5) is 29.7. The third kappa shape index (κ3) is 5.25. The molecule has 0 bridgehead atoms. The molecule has 0 saturated carbocycles. The Morgan fingerprint density at radius 3 is 2.42 bits per heavy atom. The number of amides is 2. The second-order valence-electron chi connectivity index (χ2n) is 7.41. The van der Waals surface area contributed by atoms with E-state index in [0.717, 1.165) is 17.2 Å². The molecular weight excluding hydrogens is 397 g/mol. The van der Waals surface area contributed by atoms with Crippen molar-refractivity contribution in [3.05, 3.63) is 65.9 Å². The average molecular weight is 421 g/mol. The number of nitrogens with one attached hydrogen (secondary N) is 2. The van der Waals surface area contributed by atoms with E-state index >= 15 is 0 Å². The minimum Gasteiger partial charge on any atom is -0.353 e. The van der Waals surface area contributed by atoms with Crippen LogP contribution in [0.2, 0.25) is 0 Å². The summed E-state index contributed by atoms with van der Waals surface area (Å²) in [6.45, 7) is 6.27. The third-order valence-electron chi connectivity index (χ3n) is 4.98. The van der Waals surface area contributed by atoms with Crippen LogP contribution in [0, 0.1) is 19.7 Å². The van der Waals surface area contributed by atoms with Gasteiger partial charge in [-0.2, -0.15) is 0 Å². The first kappa shape index (κ1) is 20.5. The highest BCUT2D eigenvalue weighted by atomic mass is 19.1. The van der Waals surface area contributed by atoms with Crippen LogP contribution in [0.5, 0.6) is 0 Å². The summed E-state index contributed by atoms with van der Waals surface area (Å²) in [5.74, 6) is 2.53. The van der Waals surface area contributed by atoms with Crippen molar-refractivity contribution in [3.63, 3.8) is 0 Å². The van der Waals surface area contributed by atoms with Gasteiger partial charge in [-0.1, -0.05) is 0 Å². The Morgan fingerprint density at radius 2 is 1.71 bits per heavy atom. The molecule has 1 aliphatic heterocycles. The van der Waals surface area contributed by atoms with Gasteiger partial charge in [0.25, 0.3) is 0 Å². The van der Waals surface area contributed by atoms with Crippen molar-refractivity contribution in [1.29, 1.82) is 0 Å². The van der Waals surface area contributed by atoms with Crippen molar-refractivity contribution < 1.29 is 9.18 Å². The summed E-state index contributed by atoms with van der Waals surface area (Å²) in [5.41, 5.74) is 1.68. The molecule has 3 aromatic rings. The fourth-order valence-corrected chi connectivity index (χ4v) is 3.39. The van der Waals surface area contributed by atoms with Crippen molar-refractivity contribution in [1.82, 2.24) is 19.9 Å². The first-order chi connectivity index (χ1) is 15.0. The number of urea groups is 1. The van der Waals surface area contributed by atoms with Gasteiger partial charge in [0.2, 0.25) is 0 Å². The molecule has 2 amide bonds. The lowest BCUT2D eigenvalue weighted by Crippen LogP contribution is -2.50. The molecule has 0 radical (unpaired) electrons. The molecule has 1 fully saturated rings. The maximum absolute atomic E-state index is 13.0. The van der Waals surface area contributed by atoms with E-state index in [1.54, 1.807) is 23.2 Å². The van der Waals surface area contributed by atoms with Crippen LogP contribution in [-0.4, -0.2) is 52.1 Å². The molecule has 8 nitrogen and oxygen atoms in total. The minimum atomic E-state index is -0.334. The second-order valence-corrected chi connectivity index (χ2v) is 7.41. The Bertz CT molecular complexity index is 1070. The molecule has 0 atom stereocenters. The van der Waals surface area contributed by atoms with Crippen LogP contribution in [0.1, 0.15) is 11.4 Å². The van der Waals surface area contributed by atoms with Crippen LogP contribution < -0.4 is 15.5 Å². The lowest BCUT2D eigenvalue weighted by molar-refractivity contribution is 0.208. The third-order valence-corrected chi connectivity index (χ3v) is 4.98. The molecule has 160 valence electrons. The number of anilines is 4. The van der Waals surface area contributed by atoms with Gasteiger partial charge in [0, 0.05) is 44.1 Å². The molecule has 0 spiro atoms. The first-order valence-corrected chi connectivity index (χ1v) is 10.1. The predicted octanol–water partition coefficient (Wildman–Crippen LogP) is 3.73. The molecular formula is C22H24FN7O. The number of rotatable bonds is 4. The number of halogens is 1. The maximum atomic E-state index is 13.0. The molecule has 3 heterocycles. The molecule has 31 heavy (non-hydrogen) atoms. The van der Waals surface area contributed by atoms with Gasteiger partial charge in [-0.3, -0.25) is 0 Å². The average Bonchev–Trinajstić information content (AvgIpc) is 2.75. The van der Waals surface area contributed by atoms with Crippen LogP contribution in [0.3, 0.4) is 0 Å². The highest BCUT2D eigenvalue weighted by Crippen LogP contribution is 2.21. The van der Waals surface area contributed by atoms with E-state index in [4.69, 9.17) is 0 Å². The summed E-state index contributed by atoms with van der Waals surface area (Å²) in [6.07, 6.45) is 1.75. The topological polar surface area (TPSA) is 86.3 Å². The summed E-state index contributed by atoms with van der Waals surface area (Å²) in [5, 5.41) is 6.04. The quantitative estimate of drug-likeness (QED) is 0.668. The van der Waals surface area contributed by atoms with Crippen molar-refractivity contribution in [3.8, 4) is 0 Å².